The molecule has 1 amide bonds. The quantitative estimate of drug-likeness (QED) is 0.638. The van der Waals surface area contributed by atoms with Gasteiger partial charge < -0.3 is 9.88 Å². The number of halogens is 2. The number of benzene rings is 1. The van der Waals surface area contributed by atoms with Gasteiger partial charge in [0.2, 0.25) is 5.91 Å². The molecule has 1 N–H and O–H groups in total. The highest BCUT2D eigenvalue weighted by Gasteiger charge is 2.15. The van der Waals surface area contributed by atoms with Crippen molar-refractivity contribution in [3.63, 3.8) is 0 Å². The summed E-state index contributed by atoms with van der Waals surface area (Å²) in [7, 11) is 1.73. The fraction of sp³-hybridized carbons (Fsp3) is 0.125. The summed E-state index contributed by atoms with van der Waals surface area (Å²) in [5.74, 6) is 0.444. The second-order valence-electron chi connectivity index (χ2n) is 5.04. The molecule has 2 heterocycles. The van der Waals surface area contributed by atoms with Crippen LogP contribution in [0.15, 0.2) is 52.2 Å². The molecule has 0 fully saturated rings. The summed E-state index contributed by atoms with van der Waals surface area (Å²) >= 11 is 4.50. The van der Waals surface area contributed by atoms with E-state index in [4.69, 9.17) is 0 Å². The highest BCUT2D eigenvalue weighted by atomic mass is 79.9. The molecule has 6 nitrogen and oxygen atoms in total. The SMILES string of the molecule is Cn1c(SCC(=O)Nc2ccc(Br)cn2)nnc1-c1ccccc1F. The Morgan fingerprint density at radius 2 is 2.08 bits per heavy atom. The van der Waals surface area contributed by atoms with Crippen molar-refractivity contribution >= 4 is 39.4 Å². The van der Waals surface area contributed by atoms with Gasteiger partial charge in [-0.15, -0.1) is 10.2 Å². The van der Waals surface area contributed by atoms with Crippen LogP contribution in [0.5, 0.6) is 0 Å². The van der Waals surface area contributed by atoms with Crippen LogP contribution in [0.3, 0.4) is 0 Å². The number of carbonyl (C=O) groups excluding carboxylic acids is 1. The third-order valence-corrected chi connectivity index (χ3v) is 4.77. The first-order valence-corrected chi connectivity index (χ1v) is 9.01. The number of aromatic nitrogens is 4. The van der Waals surface area contributed by atoms with E-state index >= 15 is 0 Å². The minimum absolute atomic E-state index is 0.140. The first kappa shape index (κ1) is 17.6. The number of hydrogen-bond donors (Lipinski definition) is 1. The van der Waals surface area contributed by atoms with E-state index in [2.05, 4.69) is 36.4 Å². The van der Waals surface area contributed by atoms with Crippen molar-refractivity contribution in [1.29, 1.82) is 0 Å². The molecule has 0 spiro atoms. The molecule has 3 aromatic rings. The van der Waals surface area contributed by atoms with Crippen molar-refractivity contribution in [1.82, 2.24) is 19.7 Å². The Labute approximate surface area is 156 Å². The second-order valence-corrected chi connectivity index (χ2v) is 6.90. The van der Waals surface area contributed by atoms with E-state index in [0.717, 1.165) is 4.47 Å². The molecule has 0 aliphatic carbocycles. The lowest BCUT2D eigenvalue weighted by Gasteiger charge is -2.05. The van der Waals surface area contributed by atoms with E-state index in [0.29, 0.717) is 22.4 Å². The Morgan fingerprint density at radius 1 is 1.28 bits per heavy atom. The number of hydrogen-bond acceptors (Lipinski definition) is 5. The van der Waals surface area contributed by atoms with Crippen LogP contribution in [0.25, 0.3) is 11.4 Å². The third kappa shape index (κ3) is 4.23. The van der Waals surface area contributed by atoms with E-state index in [1.54, 1.807) is 48.1 Å². The Bertz CT molecular complexity index is 900. The maximum absolute atomic E-state index is 13.9. The van der Waals surface area contributed by atoms with Crippen LogP contribution in [-0.4, -0.2) is 31.4 Å². The largest absolute Gasteiger partial charge is 0.310 e. The first-order valence-electron chi connectivity index (χ1n) is 7.23. The predicted molar refractivity (Wildman–Crippen MR) is 97.7 cm³/mol. The molecule has 0 aliphatic heterocycles. The maximum Gasteiger partial charge on any atom is 0.236 e. The van der Waals surface area contributed by atoms with E-state index < -0.39 is 0 Å². The zero-order chi connectivity index (χ0) is 17.8. The van der Waals surface area contributed by atoms with Crippen molar-refractivity contribution in [3.8, 4) is 11.4 Å². The minimum atomic E-state index is -0.367. The lowest BCUT2D eigenvalue weighted by atomic mass is 10.2. The molecule has 9 heteroatoms. The molecule has 25 heavy (non-hydrogen) atoms. The van der Waals surface area contributed by atoms with Gasteiger partial charge in [0.1, 0.15) is 11.6 Å². The summed E-state index contributed by atoms with van der Waals surface area (Å²) in [5.41, 5.74) is 0.368. The van der Waals surface area contributed by atoms with E-state index in [9.17, 15) is 9.18 Å². The van der Waals surface area contributed by atoms with Crippen molar-refractivity contribution in [2.24, 2.45) is 7.05 Å². The van der Waals surface area contributed by atoms with Gasteiger partial charge in [0.15, 0.2) is 11.0 Å². The number of carbonyl (C=O) groups is 1. The van der Waals surface area contributed by atoms with Gasteiger partial charge in [-0.05, 0) is 40.2 Å². The predicted octanol–water partition coefficient (Wildman–Crippen LogP) is 3.51. The van der Waals surface area contributed by atoms with Crippen molar-refractivity contribution in [2.45, 2.75) is 5.16 Å². The highest BCUT2D eigenvalue weighted by Crippen LogP contribution is 2.24. The topological polar surface area (TPSA) is 72.7 Å². The lowest BCUT2D eigenvalue weighted by Crippen LogP contribution is -2.15. The smallest absolute Gasteiger partial charge is 0.236 e. The molecule has 0 radical (unpaired) electrons. The van der Waals surface area contributed by atoms with Crippen LogP contribution in [0.2, 0.25) is 0 Å². The average Bonchev–Trinajstić information content (AvgIpc) is 2.96. The van der Waals surface area contributed by atoms with Crippen molar-refractivity contribution in [3.05, 3.63) is 52.9 Å². The van der Waals surface area contributed by atoms with Crippen molar-refractivity contribution < 1.29 is 9.18 Å². The van der Waals surface area contributed by atoms with Gasteiger partial charge in [-0.2, -0.15) is 0 Å². The number of nitrogens with one attached hydrogen (secondary N) is 1. The van der Waals surface area contributed by atoms with Crippen LogP contribution < -0.4 is 5.32 Å². The molecule has 0 bridgehead atoms. The maximum atomic E-state index is 13.9. The van der Waals surface area contributed by atoms with Crippen molar-refractivity contribution in [2.75, 3.05) is 11.1 Å². The highest BCUT2D eigenvalue weighted by molar-refractivity contribution is 9.10. The van der Waals surface area contributed by atoms with Gasteiger partial charge in [-0.1, -0.05) is 23.9 Å². The van der Waals surface area contributed by atoms with Gasteiger partial charge in [0.05, 0.1) is 11.3 Å². The van der Waals surface area contributed by atoms with Gasteiger partial charge in [-0.25, -0.2) is 9.37 Å². The number of amides is 1. The molecule has 0 saturated heterocycles. The second kappa shape index (κ2) is 7.75. The molecule has 0 aliphatic rings. The average molecular weight is 422 g/mol. The number of pyridine rings is 1. The summed E-state index contributed by atoms with van der Waals surface area (Å²) in [6.07, 6.45) is 1.60. The van der Waals surface area contributed by atoms with Crippen LogP contribution in [-0.2, 0) is 11.8 Å². The Morgan fingerprint density at radius 3 is 2.80 bits per heavy atom. The Hall–Kier alpha value is -2.26. The molecular weight excluding hydrogens is 409 g/mol. The standard InChI is InChI=1S/C16H13BrFN5OS/c1-23-15(11-4-2-3-5-12(11)18)21-22-16(23)25-9-14(24)20-13-7-6-10(17)8-19-13/h2-8H,9H2,1H3,(H,19,20,24). The molecule has 128 valence electrons. The normalized spacial score (nSPS) is 10.7. The molecule has 2 aromatic heterocycles. The fourth-order valence-electron chi connectivity index (χ4n) is 2.08. The zero-order valence-electron chi connectivity index (χ0n) is 13.1. The Kier molecular flexibility index (Phi) is 5.44. The van der Waals surface area contributed by atoms with Gasteiger partial charge >= 0.3 is 0 Å². The third-order valence-electron chi connectivity index (χ3n) is 3.28. The number of rotatable bonds is 5. The summed E-state index contributed by atoms with van der Waals surface area (Å²) in [4.78, 5) is 16.1. The van der Waals surface area contributed by atoms with E-state index in [1.165, 1.54) is 17.8 Å². The zero-order valence-corrected chi connectivity index (χ0v) is 15.5. The van der Waals surface area contributed by atoms with E-state index in [1.807, 2.05) is 0 Å². The number of thioether (sulfide) groups is 1. The molecule has 0 unspecified atom stereocenters. The fourth-order valence-corrected chi connectivity index (χ4v) is 3.02. The first-order chi connectivity index (χ1) is 12.0. The summed E-state index contributed by atoms with van der Waals surface area (Å²) in [6, 6.07) is 9.85. The molecule has 1 aromatic carbocycles. The summed E-state index contributed by atoms with van der Waals surface area (Å²) in [6.45, 7) is 0. The molecule has 0 atom stereocenters. The van der Waals surface area contributed by atoms with Gasteiger partial charge in [-0.3, -0.25) is 4.79 Å². The summed E-state index contributed by atoms with van der Waals surface area (Å²) < 4.78 is 16.4. The monoisotopic (exact) mass is 421 g/mol. The summed E-state index contributed by atoms with van der Waals surface area (Å²) in [5, 5.41) is 11.3. The van der Waals surface area contributed by atoms with Crippen LogP contribution in [0.1, 0.15) is 0 Å². The number of nitrogens with zero attached hydrogens (tertiary/aromatic N) is 4. The van der Waals surface area contributed by atoms with Crippen LogP contribution in [0.4, 0.5) is 10.2 Å². The Balaban J connectivity index is 1.65. The molecular formula is C16H13BrFN5OS. The lowest BCUT2D eigenvalue weighted by molar-refractivity contribution is -0.113. The van der Waals surface area contributed by atoms with Gasteiger partial charge in [0.25, 0.3) is 0 Å². The van der Waals surface area contributed by atoms with Crippen LogP contribution in [0, 0.1) is 5.82 Å². The van der Waals surface area contributed by atoms with E-state index in [-0.39, 0.29) is 17.5 Å². The number of anilines is 1. The molecule has 0 saturated carbocycles. The van der Waals surface area contributed by atoms with Gasteiger partial charge in [0, 0.05) is 17.7 Å². The molecule has 3 rings (SSSR count). The van der Waals surface area contributed by atoms with Crippen LogP contribution >= 0.6 is 27.7 Å². The minimum Gasteiger partial charge on any atom is -0.310 e.